The van der Waals surface area contributed by atoms with Gasteiger partial charge in [-0.05, 0) is 37.1 Å². The minimum Gasteiger partial charge on any atom is -0.493 e. The number of hydrogen-bond acceptors (Lipinski definition) is 8. The van der Waals surface area contributed by atoms with Gasteiger partial charge in [0.1, 0.15) is 0 Å². The maximum Gasteiger partial charge on any atom is 0.240 e. The summed E-state index contributed by atoms with van der Waals surface area (Å²) in [6, 6.07) is 10.8. The Morgan fingerprint density at radius 2 is 1.11 bits per heavy atom. The lowest BCUT2D eigenvalue weighted by Crippen LogP contribution is -2.18. The predicted molar refractivity (Wildman–Crippen MR) is 134 cm³/mol. The topological polar surface area (TPSA) is 120 Å². The van der Waals surface area contributed by atoms with E-state index in [0.717, 1.165) is 6.42 Å². The number of amides is 2. The summed E-state index contributed by atoms with van der Waals surface area (Å²) in [4.78, 5) is 24.0. The van der Waals surface area contributed by atoms with Crippen molar-refractivity contribution in [2.75, 3.05) is 28.4 Å². The second-order valence-corrected chi connectivity index (χ2v) is 7.31. The molecule has 10 nitrogen and oxygen atoms in total. The highest BCUT2D eigenvalue weighted by Gasteiger charge is 2.09. The Balaban J connectivity index is 1.66. The number of hydrogen-bond donors (Lipinski definition) is 2. The zero-order chi connectivity index (χ0) is 25.5. The lowest BCUT2D eigenvalue weighted by atomic mass is 10.1. The molecule has 2 N–H and O–H groups in total. The molecule has 0 saturated carbocycles. The van der Waals surface area contributed by atoms with Crippen molar-refractivity contribution in [3.05, 3.63) is 47.5 Å². The van der Waals surface area contributed by atoms with Gasteiger partial charge in [0.15, 0.2) is 23.0 Å². The van der Waals surface area contributed by atoms with E-state index >= 15 is 0 Å². The van der Waals surface area contributed by atoms with Gasteiger partial charge in [0.05, 0.1) is 40.9 Å². The number of methoxy groups -OCH3 is 4. The molecule has 0 fully saturated rings. The summed E-state index contributed by atoms with van der Waals surface area (Å²) in [5, 5.41) is 7.96. The third-order valence-electron chi connectivity index (χ3n) is 4.96. The van der Waals surface area contributed by atoms with Crippen LogP contribution in [0.4, 0.5) is 0 Å². The van der Waals surface area contributed by atoms with E-state index in [9.17, 15) is 9.59 Å². The summed E-state index contributed by atoms with van der Waals surface area (Å²) in [6.45, 7) is 0. The third kappa shape index (κ3) is 8.65. The zero-order valence-electron chi connectivity index (χ0n) is 20.5. The molecule has 0 heterocycles. The Morgan fingerprint density at radius 1 is 0.686 bits per heavy atom. The zero-order valence-corrected chi connectivity index (χ0v) is 20.5. The number of carbonyl (C=O) groups is 2. The number of para-hydroxylation sites is 2. The Hall–Kier alpha value is -4.08. The van der Waals surface area contributed by atoms with Gasteiger partial charge >= 0.3 is 0 Å². The van der Waals surface area contributed by atoms with Crippen molar-refractivity contribution in [2.45, 2.75) is 32.1 Å². The first kappa shape index (κ1) is 27.2. The fourth-order valence-corrected chi connectivity index (χ4v) is 3.23. The van der Waals surface area contributed by atoms with E-state index < -0.39 is 0 Å². The van der Waals surface area contributed by atoms with Gasteiger partial charge in [-0.3, -0.25) is 9.59 Å². The number of unbranched alkanes of at least 4 members (excludes halogenated alkanes) is 2. The largest absolute Gasteiger partial charge is 0.493 e. The summed E-state index contributed by atoms with van der Waals surface area (Å²) in [5.74, 6) is 1.83. The maximum absolute atomic E-state index is 12.0. The van der Waals surface area contributed by atoms with E-state index in [1.165, 1.54) is 26.6 Å². The van der Waals surface area contributed by atoms with Crippen LogP contribution >= 0.6 is 0 Å². The average Bonchev–Trinajstić information content (AvgIpc) is 2.87. The molecule has 0 spiro atoms. The molecule has 0 radical (unpaired) electrons. The van der Waals surface area contributed by atoms with E-state index in [1.54, 1.807) is 38.5 Å². The van der Waals surface area contributed by atoms with Gasteiger partial charge in [0.25, 0.3) is 0 Å². The molecular formula is C25H32N4O6. The molecule has 188 valence electrons. The number of benzene rings is 2. The molecule has 0 atom stereocenters. The summed E-state index contributed by atoms with van der Waals surface area (Å²) < 4.78 is 21.1. The molecule has 0 aliphatic heterocycles. The molecule has 0 aliphatic carbocycles. The molecular weight excluding hydrogens is 452 g/mol. The number of nitrogens with one attached hydrogen (secondary N) is 2. The van der Waals surface area contributed by atoms with Crippen LogP contribution in [0.25, 0.3) is 0 Å². The highest BCUT2D eigenvalue weighted by molar-refractivity contribution is 5.87. The Labute approximate surface area is 205 Å². The van der Waals surface area contributed by atoms with Gasteiger partial charge in [-0.2, -0.15) is 10.2 Å². The Bertz CT molecular complexity index is 957. The number of rotatable bonds is 14. The monoisotopic (exact) mass is 484 g/mol. The van der Waals surface area contributed by atoms with Crippen LogP contribution in [0, 0.1) is 0 Å². The number of ether oxygens (including phenoxy) is 4. The lowest BCUT2D eigenvalue weighted by Gasteiger charge is -2.09. The smallest absolute Gasteiger partial charge is 0.240 e. The first-order chi connectivity index (χ1) is 17.0. The quantitative estimate of drug-likeness (QED) is 0.241. The second-order valence-electron chi connectivity index (χ2n) is 7.31. The predicted octanol–water partition coefficient (Wildman–Crippen LogP) is 3.27. The molecule has 0 aromatic heterocycles. The number of carbonyl (C=O) groups excluding carboxylic acids is 2. The first-order valence-electron chi connectivity index (χ1n) is 11.1. The van der Waals surface area contributed by atoms with Crippen molar-refractivity contribution in [1.29, 1.82) is 0 Å². The lowest BCUT2D eigenvalue weighted by molar-refractivity contribution is -0.121. The number of hydrazone groups is 2. The van der Waals surface area contributed by atoms with E-state index in [2.05, 4.69) is 21.1 Å². The van der Waals surface area contributed by atoms with Crippen molar-refractivity contribution in [3.8, 4) is 23.0 Å². The van der Waals surface area contributed by atoms with Crippen molar-refractivity contribution in [3.63, 3.8) is 0 Å². The van der Waals surface area contributed by atoms with Crippen LogP contribution in [-0.4, -0.2) is 52.7 Å². The van der Waals surface area contributed by atoms with Crippen LogP contribution in [0.5, 0.6) is 23.0 Å². The molecule has 2 aromatic rings. The van der Waals surface area contributed by atoms with Crippen LogP contribution in [-0.2, 0) is 9.59 Å². The van der Waals surface area contributed by atoms with Crippen molar-refractivity contribution < 1.29 is 28.5 Å². The van der Waals surface area contributed by atoms with Crippen LogP contribution < -0.4 is 29.8 Å². The van der Waals surface area contributed by atoms with Crippen molar-refractivity contribution in [2.24, 2.45) is 10.2 Å². The van der Waals surface area contributed by atoms with Crippen LogP contribution in [0.2, 0.25) is 0 Å². The summed E-state index contributed by atoms with van der Waals surface area (Å²) in [6.07, 6.45) is 5.63. The summed E-state index contributed by atoms with van der Waals surface area (Å²) >= 11 is 0. The molecule has 2 rings (SSSR count). The number of nitrogens with zero attached hydrogens (tertiary/aromatic N) is 2. The molecule has 35 heavy (non-hydrogen) atoms. The van der Waals surface area contributed by atoms with Crippen molar-refractivity contribution in [1.82, 2.24) is 10.9 Å². The van der Waals surface area contributed by atoms with Gasteiger partial charge in [-0.25, -0.2) is 10.9 Å². The SMILES string of the molecule is COc1cccc(C=NNC(=O)CCCCCC(=O)NN=Cc2cccc(OC)c2OC)c1OC. The van der Waals surface area contributed by atoms with Crippen molar-refractivity contribution >= 4 is 24.2 Å². The molecule has 2 amide bonds. The minimum atomic E-state index is -0.204. The van der Waals surface area contributed by atoms with E-state index in [4.69, 9.17) is 18.9 Å². The fraction of sp³-hybridized carbons (Fsp3) is 0.360. The third-order valence-corrected chi connectivity index (χ3v) is 4.96. The average molecular weight is 485 g/mol. The van der Waals surface area contributed by atoms with E-state index in [1.807, 2.05) is 12.1 Å². The van der Waals surface area contributed by atoms with E-state index in [-0.39, 0.29) is 11.8 Å². The highest BCUT2D eigenvalue weighted by Crippen LogP contribution is 2.30. The fourth-order valence-electron chi connectivity index (χ4n) is 3.23. The van der Waals surface area contributed by atoms with Crippen LogP contribution in [0.1, 0.15) is 43.2 Å². The Kier molecular flexibility index (Phi) is 11.6. The first-order valence-corrected chi connectivity index (χ1v) is 11.1. The van der Waals surface area contributed by atoms with Gasteiger partial charge in [-0.1, -0.05) is 18.6 Å². The molecule has 0 aliphatic rings. The maximum atomic E-state index is 12.0. The summed E-state index contributed by atoms with van der Waals surface area (Å²) in [5.41, 5.74) is 6.37. The highest BCUT2D eigenvalue weighted by atomic mass is 16.5. The van der Waals surface area contributed by atoms with E-state index in [0.29, 0.717) is 59.8 Å². The molecule has 10 heteroatoms. The molecule has 0 bridgehead atoms. The van der Waals surface area contributed by atoms with Crippen LogP contribution in [0.3, 0.4) is 0 Å². The van der Waals surface area contributed by atoms with Gasteiger partial charge < -0.3 is 18.9 Å². The van der Waals surface area contributed by atoms with Crippen LogP contribution in [0.15, 0.2) is 46.6 Å². The second kappa shape index (κ2) is 14.9. The van der Waals surface area contributed by atoms with Gasteiger partial charge in [0.2, 0.25) is 11.8 Å². The standard InChI is InChI=1S/C25H32N4O6/c1-32-20-12-8-10-18(24(20)34-3)16-26-28-22(30)14-6-5-7-15-23(31)29-27-17-19-11-9-13-21(33-2)25(19)35-4/h8-13,16-17H,5-7,14-15H2,1-4H3,(H,28,30)(H,29,31). The normalized spacial score (nSPS) is 10.9. The molecule has 0 saturated heterocycles. The Morgan fingerprint density at radius 3 is 1.49 bits per heavy atom. The molecule has 0 unspecified atom stereocenters. The van der Waals surface area contributed by atoms with Gasteiger partial charge in [0, 0.05) is 24.0 Å². The van der Waals surface area contributed by atoms with Gasteiger partial charge in [-0.15, -0.1) is 0 Å². The molecule has 2 aromatic carbocycles. The minimum absolute atomic E-state index is 0.204. The summed E-state index contributed by atoms with van der Waals surface area (Å²) in [7, 11) is 6.19.